The van der Waals surface area contributed by atoms with Crippen LogP contribution in [0.5, 0.6) is 5.75 Å². The number of hydrogen-bond donors (Lipinski definition) is 1. The normalized spacial score (nSPS) is 20.0. The molecule has 136 valence electrons. The second-order valence-electron chi connectivity index (χ2n) is 7.08. The van der Waals surface area contributed by atoms with Gasteiger partial charge in [-0.3, -0.25) is 9.69 Å². The van der Waals surface area contributed by atoms with Gasteiger partial charge in [0.15, 0.2) is 0 Å². The molecule has 0 aromatic heterocycles. The van der Waals surface area contributed by atoms with Gasteiger partial charge >= 0.3 is 6.03 Å². The molecule has 1 aromatic carbocycles. The fourth-order valence-electron chi connectivity index (χ4n) is 3.86. The number of benzene rings is 1. The Morgan fingerprint density at radius 2 is 1.80 bits per heavy atom. The van der Waals surface area contributed by atoms with Gasteiger partial charge in [0.2, 0.25) is 0 Å². The summed E-state index contributed by atoms with van der Waals surface area (Å²) in [6.07, 6.45) is 2.09. The van der Waals surface area contributed by atoms with Crippen LogP contribution >= 0.6 is 0 Å². The lowest BCUT2D eigenvalue weighted by atomic mass is 9.86. The number of carbonyl (C=O) groups is 2. The topological polar surface area (TPSA) is 61.9 Å². The van der Waals surface area contributed by atoms with Gasteiger partial charge in [-0.1, -0.05) is 12.1 Å². The van der Waals surface area contributed by atoms with E-state index in [2.05, 4.69) is 5.32 Å². The summed E-state index contributed by atoms with van der Waals surface area (Å²) >= 11 is 0. The molecule has 0 unspecified atom stereocenters. The highest BCUT2D eigenvalue weighted by molar-refractivity contribution is 6.07. The molecule has 0 atom stereocenters. The molecule has 1 N–H and O–H groups in total. The predicted octanol–water partition coefficient (Wildman–Crippen LogP) is 2.03. The lowest BCUT2D eigenvalue weighted by Crippen LogP contribution is -2.56. The molecule has 2 saturated heterocycles. The molecule has 2 aliphatic rings. The minimum Gasteiger partial charge on any atom is -0.497 e. The minimum absolute atomic E-state index is 0.0243. The summed E-state index contributed by atoms with van der Waals surface area (Å²) in [7, 11) is 1.64. The van der Waals surface area contributed by atoms with Crippen LogP contribution in [0, 0.1) is 0 Å². The number of hydrogen-bond acceptors (Lipinski definition) is 4. The molecule has 2 fully saturated rings. The van der Waals surface area contributed by atoms with Gasteiger partial charge in [0.25, 0.3) is 5.91 Å². The van der Waals surface area contributed by atoms with E-state index in [1.54, 1.807) is 7.11 Å². The molecule has 3 rings (SSSR count). The van der Waals surface area contributed by atoms with Crippen LogP contribution in [0.1, 0.15) is 32.3 Å². The monoisotopic (exact) mass is 345 g/mol. The van der Waals surface area contributed by atoms with E-state index in [1.165, 1.54) is 4.90 Å². The number of piperidine rings is 1. The summed E-state index contributed by atoms with van der Waals surface area (Å²) in [6.45, 7) is 5.89. The molecule has 1 aromatic rings. The molecule has 0 bridgehead atoms. The first kappa shape index (κ1) is 17.7. The van der Waals surface area contributed by atoms with Crippen LogP contribution in [-0.4, -0.2) is 60.1 Å². The average Bonchev–Trinajstić information content (AvgIpc) is 2.81. The van der Waals surface area contributed by atoms with Crippen LogP contribution in [0.2, 0.25) is 0 Å². The summed E-state index contributed by atoms with van der Waals surface area (Å²) in [6, 6.07) is 7.61. The minimum atomic E-state index is -0.668. The van der Waals surface area contributed by atoms with Gasteiger partial charge in [0.1, 0.15) is 11.3 Å². The number of nitrogens with one attached hydrogen (secondary N) is 1. The zero-order valence-corrected chi connectivity index (χ0v) is 15.2. The zero-order chi connectivity index (χ0) is 18.0. The second-order valence-corrected chi connectivity index (χ2v) is 7.08. The van der Waals surface area contributed by atoms with Gasteiger partial charge < -0.3 is 15.0 Å². The molecule has 0 saturated carbocycles. The van der Waals surface area contributed by atoms with Crippen molar-refractivity contribution < 1.29 is 14.3 Å². The molecule has 2 heterocycles. The zero-order valence-electron chi connectivity index (χ0n) is 15.2. The van der Waals surface area contributed by atoms with Crippen molar-refractivity contribution in [3.8, 4) is 5.75 Å². The number of carbonyl (C=O) groups excluding carboxylic acids is 2. The van der Waals surface area contributed by atoms with E-state index in [9.17, 15) is 9.59 Å². The first-order valence-corrected chi connectivity index (χ1v) is 8.98. The summed E-state index contributed by atoms with van der Waals surface area (Å²) < 4.78 is 5.19. The standard InChI is InChI=1S/C19H27N3O3/c1-14(2)22-17(23)19(9-11-20-12-10-19)21(18(22)24)13-8-15-4-6-16(25-3)7-5-15/h4-7,14,20H,8-13H2,1-3H3. The van der Waals surface area contributed by atoms with E-state index < -0.39 is 5.54 Å². The number of ether oxygens (including phenoxy) is 1. The molecule has 2 aliphatic heterocycles. The number of nitrogens with zero attached hydrogens (tertiary/aromatic N) is 2. The maximum absolute atomic E-state index is 13.1. The average molecular weight is 345 g/mol. The Morgan fingerprint density at radius 3 is 2.36 bits per heavy atom. The molecular weight excluding hydrogens is 318 g/mol. The quantitative estimate of drug-likeness (QED) is 0.830. The van der Waals surface area contributed by atoms with Crippen LogP contribution in [0.3, 0.4) is 0 Å². The summed E-state index contributed by atoms with van der Waals surface area (Å²) in [4.78, 5) is 29.3. The van der Waals surface area contributed by atoms with E-state index in [0.717, 1.165) is 30.8 Å². The number of urea groups is 1. The third-order valence-corrected chi connectivity index (χ3v) is 5.30. The van der Waals surface area contributed by atoms with Crippen molar-refractivity contribution in [3.05, 3.63) is 29.8 Å². The molecule has 6 nitrogen and oxygen atoms in total. The number of methoxy groups -OCH3 is 1. The lowest BCUT2D eigenvalue weighted by Gasteiger charge is -2.38. The number of imide groups is 1. The summed E-state index contributed by atoms with van der Waals surface area (Å²) in [5.41, 5.74) is 0.465. The molecule has 6 heteroatoms. The second kappa shape index (κ2) is 7.04. The van der Waals surface area contributed by atoms with E-state index >= 15 is 0 Å². The molecule has 0 aliphatic carbocycles. The van der Waals surface area contributed by atoms with Crippen molar-refractivity contribution in [1.82, 2.24) is 15.1 Å². The van der Waals surface area contributed by atoms with E-state index in [0.29, 0.717) is 19.4 Å². The largest absolute Gasteiger partial charge is 0.497 e. The SMILES string of the molecule is COc1ccc(CCN2C(=O)N(C(C)C)C(=O)C23CCNCC3)cc1. The molecule has 1 spiro atoms. The lowest BCUT2D eigenvalue weighted by molar-refractivity contribution is -0.135. The Bertz CT molecular complexity index is 636. The van der Waals surface area contributed by atoms with Crippen molar-refractivity contribution in [2.24, 2.45) is 0 Å². The van der Waals surface area contributed by atoms with E-state index in [-0.39, 0.29) is 18.0 Å². The highest BCUT2D eigenvalue weighted by atomic mass is 16.5. The Hall–Kier alpha value is -2.08. The van der Waals surface area contributed by atoms with Crippen LogP contribution in [0.25, 0.3) is 0 Å². The highest BCUT2D eigenvalue weighted by Crippen LogP contribution is 2.36. The van der Waals surface area contributed by atoms with Crippen LogP contribution < -0.4 is 10.1 Å². The molecule has 0 radical (unpaired) electrons. The fourth-order valence-corrected chi connectivity index (χ4v) is 3.86. The summed E-state index contributed by atoms with van der Waals surface area (Å²) in [5.74, 6) is 0.792. The Labute approximate surface area is 149 Å². The van der Waals surface area contributed by atoms with Crippen molar-refractivity contribution in [2.75, 3.05) is 26.7 Å². The fraction of sp³-hybridized carbons (Fsp3) is 0.579. The van der Waals surface area contributed by atoms with Crippen molar-refractivity contribution >= 4 is 11.9 Å². The maximum atomic E-state index is 13.1. The van der Waals surface area contributed by atoms with Crippen LogP contribution in [-0.2, 0) is 11.2 Å². The van der Waals surface area contributed by atoms with Crippen LogP contribution in [0.15, 0.2) is 24.3 Å². The molecule has 25 heavy (non-hydrogen) atoms. The Morgan fingerprint density at radius 1 is 1.16 bits per heavy atom. The van der Waals surface area contributed by atoms with Crippen LogP contribution in [0.4, 0.5) is 4.79 Å². The van der Waals surface area contributed by atoms with Crippen molar-refractivity contribution in [2.45, 2.75) is 44.7 Å². The Kier molecular flexibility index (Phi) is 4.99. The number of amides is 3. The smallest absolute Gasteiger partial charge is 0.327 e. The number of rotatable bonds is 5. The van der Waals surface area contributed by atoms with E-state index in [4.69, 9.17) is 4.74 Å². The van der Waals surface area contributed by atoms with Gasteiger partial charge in [0, 0.05) is 12.6 Å². The van der Waals surface area contributed by atoms with Gasteiger partial charge in [-0.2, -0.15) is 0 Å². The van der Waals surface area contributed by atoms with Gasteiger partial charge in [-0.05, 0) is 63.9 Å². The third kappa shape index (κ3) is 3.11. The van der Waals surface area contributed by atoms with Gasteiger partial charge in [-0.15, -0.1) is 0 Å². The van der Waals surface area contributed by atoms with Crippen molar-refractivity contribution in [3.63, 3.8) is 0 Å². The predicted molar refractivity (Wildman–Crippen MR) is 95.6 cm³/mol. The van der Waals surface area contributed by atoms with Gasteiger partial charge in [0.05, 0.1) is 7.11 Å². The van der Waals surface area contributed by atoms with Gasteiger partial charge in [-0.25, -0.2) is 4.79 Å². The third-order valence-electron chi connectivity index (χ3n) is 5.30. The first-order chi connectivity index (χ1) is 12.0. The Balaban J connectivity index is 1.80. The highest BCUT2D eigenvalue weighted by Gasteiger charge is 2.57. The van der Waals surface area contributed by atoms with E-state index in [1.807, 2.05) is 43.0 Å². The molecule has 3 amide bonds. The maximum Gasteiger partial charge on any atom is 0.327 e. The summed E-state index contributed by atoms with van der Waals surface area (Å²) in [5, 5.41) is 3.30. The van der Waals surface area contributed by atoms with Crippen molar-refractivity contribution in [1.29, 1.82) is 0 Å². The first-order valence-electron chi connectivity index (χ1n) is 8.98. The molecular formula is C19H27N3O3.